The zero-order valence-electron chi connectivity index (χ0n) is 16.5. The molecule has 6 heteroatoms. The molecule has 0 saturated carbocycles. The molecule has 150 valence electrons. The largest absolute Gasteiger partial charge is 0.339 e. The van der Waals surface area contributed by atoms with Gasteiger partial charge in [0.2, 0.25) is 10.0 Å². The first kappa shape index (κ1) is 20.6. The Morgan fingerprint density at radius 2 is 1.71 bits per heavy atom. The minimum absolute atomic E-state index is 0.0198. The summed E-state index contributed by atoms with van der Waals surface area (Å²) >= 11 is 0. The van der Waals surface area contributed by atoms with Crippen LogP contribution in [-0.2, 0) is 16.4 Å². The lowest BCUT2D eigenvalue weighted by Crippen LogP contribution is -2.38. The van der Waals surface area contributed by atoms with Crippen molar-refractivity contribution >= 4 is 15.9 Å². The molecule has 5 nitrogen and oxygen atoms in total. The minimum Gasteiger partial charge on any atom is -0.339 e. The predicted octanol–water partition coefficient (Wildman–Crippen LogP) is 3.44. The second-order valence-corrected chi connectivity index (χ2v) is 9.31. The van der Waals surface area contributed by atoms with Crippen molar-refractivity contribution in [2.24, 2.45) is 11.1 Å². The first-order chi connectivity index (χ1) is 13.2. The highest BCUT2D eigenvalue weighted by atomic mass is 32.2. The van der Waals surface area contributed by atoms with Crippen molar-refractivity contribution in [3.05, 3.63) is 64.7 Å². The summed E-state index contributed by atoms with van der Waals surface area (Å²) in [6.07, 6.45) is 4.15. The van der Waals surface area contributed by atoms with Crippen molar-refractivity contribution < 1.29 is 13.2 Å². The molecule has 2 aromatic carbocycles. The lowest BCUT2D eigenvalue weighted by Gasteiger charge is -2.32. The molecule has 3 rings (SSSR count). The summed E-state index contributed by atoms with van der Waals surface area (Å²) in [5.41, 5.74) is 3.57. The summed E-state index contributed by atoms with van der Waals surface area (Å²) in [6, 6.07) is 13.4. The van der Waals surface area contributed by atoms with Gasteiger partial charge in [0.1, 0.15) is 0 Å². The van der Waals surface area contributed by atoms with Gasteiger partial charge >= 0.3 is 0 Å². The first-order valence-corrected chi connectivity index (χ1v) is 11.3. The van der Waals surface area contributed by atoms with Crippen LogP contribution in [0.2, 0.25) is 0 Å². The van der Waals surface area contributed by atoms with Crippen LogP contribution >= 0.6 is 0 Å². The van der Waals surface area contributed by atoms with E-state index in [-0.39, 0.29) is 10.8 Å². The molecule has 2 aromatic rings. The van der Waals surface area contributed by atoms with Crippen molar-refractivity contribution in [2.45, 2.75) is 44.4 Å². The number of carbonyl (C=O) groups excluding carboxylic acids is 1. The number of likely N-dealkylation sites (tertiary alicyclic amines) is 1. The Morgan fingerprint density at radius 3 is 2.32 bits per heavy atom. The van der Waals surface area contributed by atoms with Gasteiger partial charge in [0, 0.05) is 18.7 Å². The third kappa shape index (κ3) is 5.00. The summed E-state index contributed by atoms with van der Waals surface area (Å²) < 4.78 is 23.4. The Kier molecular flexibility index (Phi) is 6.20. The van der Waals surface area contributed by atoms with Crippen LogP contribution in [0.5, 0.6) is 0 Å². The molecule has 0 aliphatic carbocycles. The van der Waals surface area contributed by atoms with Crippen LogP contribution in [0.25, 0.3) is 0 Å². The summed E-state index contributed by atoms with van der Waals surface area (Å²) in [5.74, 6) is 0.491. The molecule has 0 unspecified atom stereocenters. The third-order valence-corrected chi connectivity index (χ3v) is 6.66. The van der Waals surface area contributed by atoms with Crippen LogP contribution in [0, 0.1) is 19.8 Å². The lowest BCUT2D eigenvalue weighted by atomic mass is 9.90. The van der Waals surface area contributed by atoms with Gasteiger partial charge in [0.15, 0.2) is 0 Å². The third-order valence-electron chi connectivity index (χ3n) is 5.61. The molecule has 0 spiro atoms. The topological polar surface area (TPSA) is 80.5 Å². The number of sulfonamides is 1. The van der Waals surface area contributed by atoms with Crippen molar-refractivity contribution in [3.63, 3.8) is 0 Å². The molecular formula is C22H28N2O3S. The molecule has 0 aromatic heterocycles. The van der Waals surface area contributed by atoms with Crippen LogP contribution in [0.1, 0.15) is 46.3 Å². The van der Waals surface area contributed by atoms with Crippen molar-refractivity contribution in [1.82, 2.24) is 4.90 Å². The average Bonchev–Trinajstić information content (AvgIpc) is 2.67. The van der Waals surface area contributed by atoms with E-state index < -0.39 is 10.0 Å². The lowest BCUT2D eigenvalue weighted by molar-refractivity contribution is 0.0686. The van der Waals surface area contributed by atoms with E-state index >= 15 is 0 Å². The van der Waals surface area contributed by atoms with Gasteiger partial charge in [-0.2, -0.15) is 0 Å². The molecule has 1 aliphatic heterocycles. The van der Waals surface area contributed by atoms with Gasteiger partial charge in [-0.3, -0.25) is 4.79 Å². The van der Waals surface area contributed by atoms with E-state index in [9.17, 15) is 13.2 Å². The van der Waals surface area contributed by atoms with E-state index in [1.165, 1.54) is 17.2 Å². The molecule has 0 radical (unpaired) electrons. The molecule has 0 atom stereocenters. The number of primary sulfonamides is 1. The molecule has 0 bridgehead atoms. The van der Waals surface area contributed by atoms with Crippen molar-refractivity contribution in [1.29, 1.82) is 0 Å². The fraction of sp³-hybridized carbons (Fsp3) is 0.409. The maximum atomic E-state index is 12.8. The van der Waals surface area contributed by atoms with E-state index in [0.29, 0.717) is 30.1 Å². The number of rotatable bonds is 5. The van der Waals surface area contributed by atoms with E-state index in [1.54, 1.807) is 19.1 Å². The summed E-state index contributed by atoms with van der Waals surface area (Å²) in [5, 5.41) is 5.26. The second kappa shape index (κ2) is 8.45. The smallest absolute Gasteiger partial charge is 0.253 e. The second-order valence-electron chi connectivity index (χ2n) is 7.79. The van der Waals surface area contributed by atoms with E-state index in [1.807, 2.05) is 4.90 Å². The Hall–Kier alpha value is -2.18. The zero-order chi connectivity index (χ0) is 20.3. The number of benzene rings is 2. The minimum atomic E-state index is -3.84. The number of nitrogens with zero attached hydrogens (tertiary/aromatic N) is 1. The quantitative estimate of drug-likeness (QED) is 0.835. The van der Waals surface area contributed by atoms with Gasteiger partial charge < -0.3 is 4.90 Å². The van der Waals surface area contributed by atoms with E-state index in [2.05, 4.69) is 31.2 Å². The summed E-state index contributed by atoms with van der Waals surface area (Å²) in [4.78, 5) is 14.6. The molecule has 1 amide bonds. The fourth-order valence-electron chi connectivity index (χ4n) is 3.77. The average molecular weight is 401 g/mol. The highest BCUT2D eigenvalue weighted by molar-refractivity contribution is 7.89. The Bertz CT molecular complexity index is 944. The number of hydrogen-bond donors (Lipinski definition) is 1. The zero-order valence-corrected chi connectivity index (χ0v) is 17.3. The number of amides is 1. The Labute approximate surface area is 167 Å². The molecule has 28 heavy (non-hydrogen) atoms. The fourth-order valence-corrected chi connectivity index (χ4v) is 4.58. The van der Waals surface area contributed by atoms with Crippen molar-refractivity contribution in [3.8, 4) is 0 Å². The predicted molar refractivity (Wildman–Crippen MR) is 111 cm³/mol. The number of carbonyl (C=O) groups is 1. The molecule has 1 heterocycles. The number of piperidine rings is 1. The van der Waals surface area contributed by atoms with Crippen LogP contribution in [0.15, 0.2) is 47.4 Å². The monoisotopic (exact) mass is 400 g/mol. The van der Waals surface area contributed by atoms with Gasteiger partial charge in [-0.25, -0.2) is 13.6 Å². The van der Waals surface area contributed by atoms with Crippen LogP contribution in [-0.4, -0.2) is 32.3 Å². The Balaban J connectivity index is 1.57. The SMILES string of the molecule is Cc1ccc(CCC2CCN(C(=O)c3ccc(C)c(S(N)(=O)=O)c3)CC2)cc1. The van der Waals surface area contributed by atoms with E-state index in [0.717, 1.165) is 25.7 Å². The van der Waals surface area contributed by atoms with Crippen LogP contribution in [0.4, 0.5) is 0 Å². The van der Waals surface area contributed by atoms with Crippen LogP contribution in [0.3, 0.4) is 0 Å². The van der Waals surface area contributed by atoms with Gasteiger partial charge in [-0.05, 0) is 68.7 Å². The molecule has 2 N–H and O–H groups in total. The first-order valence-electron chi connectivity index (χ1n) is 9.72. The van der Waals surface area contributed by atoms with E-state index in [4.69, 9.17) is 5.14 Å². The molecular weight excluding hydrogens is 372 g/mol. The van der Waals surface area contributed by atoms with Gasteiger partial charge in [0.25, 0.3) is 5.91 Å². The van der Waals surface area contributed by atoms with Crippen molar-refractivity contribution in [2.75, 3.05) is 13.1 Å². The molecule has 1 aliphatic rings. The van der Waals surface area contributed by atoms with Crippen LogP contribution < -0.4 is 5.14 Å². The number of aryl methyl sites for hydroxylation is 3. The normalized spacial score (nSPS) is 15.6. The summed E-state index contributed by atoms with van der Waals surface area (Å²) in [7, 11) is -3.84. The number of hydrogen-bond acceptors (Lipinski definition) is 3. The Morgan fingerprint density at radius 1 is 1.07 bits per heavy atom. The standard InChI is InChI=1S/C22H28N2O3S/c1-16-3-6-18(7-4-16)8-9-19-11-13-24(14-12-19)22(25)20-10-5-17(2)21(15-20)28(23,26)27/h3-7,10,15,19H,8-9,11-14H2,1-2H3,(H2,23,26,27). The van der Waals surface area contributed by atoms with Gasteiger partial charge in [-0.1, -0.05) is 35.9 Å². The highest BCUT2D eigenvalue weighted by Crippen LogP contribution is 2.24. The maximum Gasteiger partial charge on any atom is 0.253 e. The molecule has 1 fully saturated rings. The maximum absolute atomic E-state index is 12.8. The summed E-state index contributed by atoms with van der Waals surface area (Å²) in [6.45, 7) is 5.18. The number of nitrogens with two attached hydrogens (primary N) is 1. The van der Waals surface area contributed by atoms with Gasteiger partial charge in [-0.15, -0.1) is 0 Å². The highest BCUT2D eigenvalue weighted by Gasteiger charge is 2.24. The molecule has 1 saturated heterocycles. The van der Waals surface area contributed by atoms with Gasteiger partial charge in [0.05, 0.1) is 4.90 Å².